The van der Waals surface area contributed by atoms with E-state index in [1.165, 1.54) is 6.33 Å². The summed E-state index contributed by atoms with van der Waals surface area (Å²) in [5, 5.41) is 12.5. The first-order valence-electron chi connectivity index (χ1n) is 4.94. The highest BCUT2D eigenvalue weighted by Crippen LogP contribution is 2.23. The third-order valence-corrected chi connectivity index (χ3v) is 2.48. The number of nitrogens with one attached hydrogen (secondary N) is 1. The quantitative estimate of drug-likeness (QED) is 0.882. The number of hydrogen-bond acceptors (Lipinski definition) is 4. The second-order valence-electron chi connectivity index (χ2n) is 3.48. The number of aromatic nitrogens is 2. The molecular weight excluding hydrogens is 236 g/mol. The zero-order valence-corrected chi connectivity index (χ0v) is 9.86. The van der Waals surface area contributed by atoms with E-state index >= 15 is 0 Å². The summed E-state index contributed by atoms with van der Waals surface area (Å²) in [6.07, 6.45) is 1.35. The van der Waals surface area contributed by atoms with Gasteiger partial charge in [-0.2, -0.15) is 5.26 Å². The number of nitrogens with zero attached hydrogens (tertiary/aromatic N) is 3. The van der Waals surface area contributed by atoms with E-state index in [4.69, 9.17) is 16.9 Å². The number of hydrogen-bond donors (Lipinski definition) is 1. The van der Waals surface area contributed by atoms with Crippen LogP contribution in [0, 0.1) is 18.3 Å². The Morgan fingerprint density at radius 1 is 1.29 bits per heavy atom. The summed E-state index contributed by atoms with van der Waals surface area (Å²) >= 11 is 5.92. The molecule has 0 saturated heterocycles. The zero-order chi connectivity index (χ0) is 12.3. The van der Waals surface area contributed by atoms with Gasteiger partial charge in [0.05, 0.1) is 0 Å². The predicted molar refractivity (Wildman–Crippen MR) is 66.2 cm³/mol. The maximum Gasteiger partial charge on any atom is 0.145 e. The summed E-state index contributed by atoms with van der Waals surface area (Å²) in [4.78, 5) is 7.84. The third-order valence-electron chi connectivity index (χ3n) is 2.24. The average molecular weight is 245 g/mol. The topological polar surface area (TPSA) is 61.6 Å². The molecule has 1 aromatic carbocycles. The summed E-state index contributed by atoms with van der Waals surface area (Å²) in [7, 11) is 0. The van der Waals surface area contributed by atoms with Gasteiger partial charge in [-0.25, -0.2) is 9.97 Å². The van der Waals surface area contributed by atoms with E-state index in [9.17, 15) is 0 Å². The fourth-order valence-electron chi connectivity index (χ4n) is 1.35. The van der Waals surface area contributed by atoms with Gasteiger partial charge in [0.25, 0.3) is 0 Å². The Balaban J connectivity index is 2.31. The van der Waals surface area contributed by atoms with E-state index in [1.807, 2.05) is 31.2 Å². The Hall–Kier alpha value is -2.12. The van der Waals surface area contributed by atoms with Gasteiger partial charge in [-0.1, -0.05) is 17.7 Å². The summed E-state index contributed by atoms with van der Waals surface area (Å²) in [5.74, 6) is 0.571. The van der Waals surface area contributed by atoms with E-state index in [0.717, 1.165) is 11.3 Å². The summed E-state index contributed by atoms with van der Waals surface area (Å²) in [6, 6.07) is 9.09. The molecule has 0 saturated carbocycles. The van der Waals surface area contributed by atoms with Crippen molar-refractivity contribution in [1.82, 2.24) is 9.97 Å². The molecule has 17 heavy (non-hydrogen) atoms. The summed E-state index contributed by atoms with van der Waals surface area (Å²) in [5.41, 5.74) is 2.23. The van der Waals surface area contributed by atoms with Crippen molar-refractivity contribution in [2.45, 2.75) is 6.92 Å². The minimum Gasteiger partial charge on any atom is -0.340 e. The molecule has 84 valence electrons. The Kier molecular flexibility index (Phi) is 3.22. The normalized spacial score (nSPS) is 9.71. The standard InChI is InChI=1S/C12H9ClN4/c1-8-2-3-9(13)4-11(8)17-12-5-10(6-14)15-7-16-12/h2-5,7H,1H3,(H,15,16,17). The maximum absolute atomic E-state index is 8.74. The van der Waals surface area contributed by atoms with Crippen molar-refractivity contribution in [2.24, 2.45) is 0 Å². The van der Waals surface area contributed by atoms with Crippen LogP contribution in [0.3, 0.4) is 0 Å². The van der Waals surface area contributed by atoms with Gasteiger partial charge in [-0.3, -0.25) is 0 Å². The molecule has 0 aliphatic rings. The van der Waals surface area contributed by atoms with Crippen LogP contribution in [0.2, 0.25) is 5.02 Å². The van der Waals surface area contributed by atoms with Gasteiger partial charge in [-0.05, 0) is 24.6 Å². The van der Waals surface area contributed by atoms with Gasteiger partial charge < -0.3 is 5.32 Å². The van der Waals surface area contributed by atoms with Gasteiger partial charge in [-0.15, -0.1) is 0 Å². The van der Waals surface area contributed by atoms with Crippen molar-refractivity contribution in [3.8, 4) is 6.07 Å². The molecule has 0 fully saturated rings. The number of halogens is 1. The number of aryl methyl sites for hydroxylation is 1. The second kappa shape index (κ2) is 4.81. The molecule has 1 N–H and O–H groups in total. The van der Waals surface area contributed by atoms with Crippen LogP contribution < -0.4 is 5.32 Å². The summed E-state index contributed by atoms with van der Waals surface area (Å²) < 4.78 is 0. The maximum atomic E-state index is 8.74. The van der Waals surface area contributed by atoms with Crippen LogP contribution in [0.1, 0.15) is 11.3 Å². The number of rotatable bonds is 2. The van der Waals surface area contributed by atoms with Crippen molar-refractivity contribution in [3.63, 3.8) is 0 Å². The van der Waals surface area contributed by atoms with Gasteiger partial charge in [0.2, 0.25) is 0 Å². The molecule has 5 heteroatoms. The molecule has 0 atom stereocenters. The second-order valence-corrected chi connectivity index (χ2v) is 3.92. The van der Waals surface area contributed by atoms with Crippen LogP contribution in [0.25, 0.3) is 0 Å². The molecule has 4 nitrogen and oxygen atoms in total. The zero-order valence-electron chi connectivity index (χ0n) is 9.11. The van der Waals surface area contributed by atoms with Gasteiger partial charge in [0.1, 0.15) is 23.9 Å². The van der Waals surface area contributed by atoms with E-state index in [2.05, 4.69) is 15.3 Å². The molecule has 2 rings (SSSR count). The van der Waals surface area contributed by atoms with Crippen molar-refractivity contribution in [2.75, 3.05) is 5.32 Å². The number of anilines is 2. The fraction of sp³-hybridized carbons (Fsp3) is 0.0833. The highest BCUT2D eigenvalue weighted by molar-refractivity contribution is 6.30. The van der Waals surface area contributed by atoms with Gasteiger partial charge in [0.15, 0.2) is 0 Å². The Labute approximate surface area is 104 Å². The average Bonchev–Trinajstić information content (AvgIpc) is 2.34. The summed E-state index contributed by atoms with van der Waals surface area (Å²) in [6.45, 7) is 1.96. The van der Waals surface area contributed by atoms with Crippen LogP contribution in [-0.4, -0.2) is 9.97 Å². The lowest BCUT2D eigenvalue weighted by Gasteiger charge is -2.08. The van der Waals surface area contributed by atoms with Crippen LogP contribution in [0.15, 0.2) is 30.6 Å². The van der Waals surface area contributed by atoms with Gasteiger partial charge >= 0.3 is 0 Å². The smallest absolute Gasteiger partial charge is 0.145 e. The molecule has 0 aliphatic heterocycles. The minimum atomic E-state index is 0.321. The molecule has 1 aromatic heterocycles. The molecule has 0 aliphatic carbocycles. The van der Waals surface area contributed by atoms with Crippen LogP contribution in [-0.2, 0) is 0 Å². The molecule has 0 amide bonds. The Morgan fingerprint density at radius 3 is 2.88 bits per heavy atom. The minimum absolute atomic E-state index is 0.321. The molecule has 0 spiro atoms. The van der Waals surface area contributed by atoms with Crippen molar-refractivity contribution < 1.29 is 0 Å². The van der Waals surface area contributed by atoms with Crippen molar-refractivity contribution in [3.05, 3.63) is 46.9 Å². The van der Waals surface area contributed by atoms with E-state index in [1.54, 1.807) is 6.07 Å². The Bertz CT molecular complexity index is 589. The van der Waals surface area contributed by atoms with Crippen molar-refractivity contribution >= 4 is 23.1 Å². The first-order chi connectivity index (χ1) is 8.19. The lowest BCUT2D eigenvalue weighted by Crippen LogP contribution is -1.97. The predicted octanol–water partition coefficient (Wildman–Crippen LogP) is 3.05. The monoisotopic (exact) mass is 244 g/mol. The lowest BCUT2D eigenvalue weighted by molar-refractivity contribution is 1.14. The van der Waals surface area contributed by atoms with Crippen LogP contribution in [0.5, 0.6) is 0 Å². The van der Waals surface area contributed by atoms with Crippen LogP contribution >= 0.6 is 11.6 Å². The molecule has 0 bridgehead atoms. The first kappa shape index (κ1) is 11.4. The molecule has 0 radical (unpaired) electrons. The molecular formula is C12H9ClN4. The number of nitriles is 1. The van der Waals surface area contributed by atoms with Crippen LogP contribution in [0.4, 0.5) is 11.5 Å². The Morgan fingerprint density at radius 2 is 2.12 bits per heavy atom. The van der Waals surface area contributed by atoms with E-state index in [-0.39, 0.29) is 0 Å². The highest BCUT2D eigenvalue weighted by atomic mass is 35.5. The van der Waals surface area contributed by atoms with Crippen molar-refractivity contribution in [1.29, 1.82) is 5.26 Å². The molecule has 2 aromatic rings. The SMILES string of the molecule is Cc1ccc(Cl)cc1Nc1cc(C#N)ncn1. The van der Waals surface area contributed by atoms with E-state index < -0.39 is 0 Å². The molecule has 1 heterocycles. The molecule has 0 unspecified atom stereocenters. The third kappa shape index (κ3) is 2.71. The number of benzene rings is 1. The first-order valence-corrected chi connectivity index (χ1v) is 5.32. The highest BCUT2D eigenvalue weighted by Gasteiger charge is 2.02. The lowest BCUT2D eigenvalue weighted by atomic mass is 10.2. The fourth-order valence-corrected chi connectivity index (χ4v) is 1.53. The van der Waals surface area contributed by atoms with Gasteiger partial charge in [0, 0.05) is 16.8 Å². The largest absolute Gasteiger partial charge is 0.340 e. The van der Waals surface area contributed by atoms with E-state index in [0.29, 0.717) is 16.5 Å².